The zero-order chi connectivity index (χ0) is 22.5. The van der Waals surface area contributed by atoms with E-state index in [0.717, 1.165) is 62.0 Å². The summed E-state index contributed by atoms with van der Waals surface area (Å²) in [5.41, 5.74) is 4.55. The third-order valence-corrected chi connectivity index (χ3v) is 6.33. The average molecular weight is 431 g/mol. The van der Waals surface area contributed by atoms with Gasteiger partial charge >= 0.3 is 0 Å². The molecule has 0 spiro atoms. The van der Waals surface area contributed by atoms with Crippen molar-refractivity contribution in [3.63, 3.8) is 0 Å². The van der Waals surface area contributed by atoms with E-state index in [0.29, 0.717) is 0 Å². The molecule has 1 atom stereocenters. The topological polar surface area (TPSA) is 52.5 Å². The Balaban J connectivity index is 1.62. The van der Waals surface area contributed by atoms with Gasteiger partial charge in [0.2, 0.25) is 0 Å². The molecule has 1 aromatic heterocycles. The standard InChI is InChI=1S/C27H34N4O/c1-20(2)25(32)19-30-14-16-31(17-15-30)27-24(18-22-10-6-4-7-11-22)21(3)28-26(29-27)23-12-8-5-9-13-23/h4-13,20,25,32H,14-19H2,1-3H3/t25-/m0/s1. The van der Waals surface area contributed by atoms with Gasteiger partial charge in [-0.3, -0.25) is 4.90 Å². The zero-order valence-corrected chi connectivity index (χ0v) is 19.4. The van der Waals surface area contributed by atoms with E-state index in [2.05, 4.69) is 73.0 Å². The van der Waals surface area contributed by atoms with Crippen molar-refractivity contribution in [2.75, 3.05) is 37.6 Å². The maximum Gasteiger partial charge on any atom is 0.161 e. The number of nitrogens with zero attached hydrogens (tertiary/aromatic N) is 4. The second-order valence-electron chi connectivity index (χ2n) is 9.06. The van der Waals surface area contributed by atoms with Crippen LogP contribution in [0.15, 0.2) is 60.7 Å². The van der Waals surface area contributed by atoms with E-state index in [1.807, 2.05) is 18.2 Å². The summed E-state index contributed by atoms with van der Waals surface area (Å²) < 4.78 is 0. The van der Waals surface area contributed by atoms with Gasteiger partial charge in [0.15, 0.2) is 5.82 Å². The van der Waals surface area contributed by atoms with Crippen LogP contribution in [0.25, 0.3) is 11.4 Å². The van der Waals surface area contributed by atoms with Crippen LogP contribution in [0, 0.1) is 12.8 Å². The quantitative estimate of drug-likeness (QED) is 0.609. The predicted molar refractivity (Wildman–Crippen MR) is 131 cm³/mol. The van der Waals surface area contributed by atoms with Gasteiger partial charge in [-0.05, 0) is 18.4 Å². The highest BCUT2D eigenvalue weighted by Crippen LogP contribution is 2.28. The highest BCUT2D eigenvalue weighted by Gasteiger charge is 2.24. The van der Waals surface area contributed by atoms with Gasteiger partial charge in [-0.15, -0.1) is 0 Å². The Kier molecular flexibility index (Phi) is 7.18. The molecule has 4 rings (SSSR count). The van der Waals surface area contributed by atoms with Crippen molar-refractivity contribution in [2.24, 2.45) is 5.92 Å². The van der Waals surface area contributed by atoms with E-state index < -0.39 is 0 Å². The average Bonchev–Trinajstić information content (AvgIpc) is 2.82. The minimum absolute atomic E-state index is 0.277. The van der Waals surface area contributed by atoms with Crippen LogP contribution in [0.2, 0.25) is 0 Å². The van der Waals surface area contributed by atoms with Crippen molar-refractivity contribution in [2.45, 2.75) is 33.3 Å². The number of benzene rings is 2. The summed E-state index contributed by atoms with van der Waals surface area (Å²) in [6, 6.07) is 20.8. The van der Waals surface area contributed by atoms with Gasteiger partial charge in [0.25, 0.3) is 0 Å². The Labute approximate surface area is 191 Å². The number of piperazine rings is 1. The van der Waals surface area contributed by atoms with Crippen molar-refractivity contribution >= 4 is 5.82 Å². The van der Waals surface area contributed by atoms with Crippen LogP contribution < -0.4 is 4.90 Å². The molecular weight excluding hydrogens is 396 g/mol. The minimum Gasteiger partial charge on any atom is -0.392 e. The first-order valence-electron chi connectivity index (χ1n) is 11.6. The van der Waals surface area contributed by atoms with Crippen molar-refractivity contribution in [3.05, 3.63) is 77.5 Å². The van der Waals surface area contributed by atoms with Crippen molar-refractivity contribution in [3.8, 4) is 11.4 Å². The van der Waals surface area contributed by atoms with E-state index in [4.69, 9.17) is 9.97 Å². The fourth-order valence-electron chi connectivity index (χ4n) is 4.18. The van der Waals surface area contributed by atoms with Crippen LogP contribution >= 0.6 is 0 Å². The molecule has 2 aromatic carbocycles. The highest BCUT2D eigenvalue weighted by atomic mass is 16.3. The number of rotatable bonds is 7. The number of β-amino-alcohol motifs (C(OH)–C–C–N with tert-alkyl or cyclic N) is 1. The summed E-state index contributed by atoms with van der Waals surface area (Å²) in [7, 11) is 0. The number of hydrogen-bond acceptors (Lipinski definition) is 5. The molecule has 1 aliphatic rings. The Bertz CT molecular complexity index is 999. The molecule has 3 aromatic rings. The van der Waals surface area contributed by atoms with Gasteiger partial charge < -0.3 is 10.0 Å². The number of aliphatic hydroxyl groups is 1. The maximum atomic E-state index is 10.3. The largest absolute Gasteiger partial charge is 0.392 e. The monoisotopic (exact) mass is 430 g/mol. The van der Waals surface area contributed by atoms with Gasteiger partial charge in [0.05, 0.1) is 6.10 Å². The molecule has 32 heavy (non-hydrogen) atoms. The molecular formula is C27H34N4O. The second-order valence-corrected chi connectivity index (χ2v) is 9.06. The van der Waals surface area contributed by atoms with Gasteiger partial charge in [0.1, 0.15) is 5.82 Å². The summed E-state index contributed by atoms with van der Waals surface area (Å²) in [5, 5.41) is 10.3. The van der Waals surface area contributed by atoms with Crippen molar-refractivity contribution < 1.29 is 5.11 Å². The molecule has 1 aliphatic heterocycles. The molecule has 168 valence electrons. The molecule has 0 amide bonds. The second kappa shape index (κ2) is 10.2. The summed E-state index contributed by atoms with van der Waals surface area (Å²) in [6.45, 7) is 10.6. The summed E-state index contributed by atoms with van der Waals surface area (Å²) >= 11 is 0. The Morgan fingerprint density at radius 1 is 0.875 bits per heavy atom. The maximum absolute atomic E-state index is 10.3. The predicted octanol–water partition coefficient (Wildman–Crippen LogP) is 4.18. The lowest BCUT2D eigenvalue weighted by atomic mass is 10.0. The molecule has 0 unspecified atom stereocenters. The number of hydrogen-bond donors (Lipinski definition) is 1. The molecule has 5 heteroatoms. The van der Waals surface area contributed by atoms with Gasteiger partial charge in [-0.25, -0.2) is 9.97 Å². The zero-order valence-electron chi connectivity index (χ0n) is 19.4. The van der Waals surface area contributed by atoms with Gasteiger partial charge in [0, 0.05) is 56.0 Å². The fraction of sp³-hybridized carbons (Fsp3) is 0.407. The highest BCUT2D eigenvalue weighted by molar-refractivity contribution is 5.61. The fourth-order valence-corrected chi connectivity index (χ4v) is 4.18. The van der Waals surface area contributed by atoms with Gasteiger partial charge in [-0.2, -0.15) is 0 Å². The van der Waals surface area contributed by atoms with E-state index >= 15 is 0 Å². The number of aryl methyl sites for hydroxylation is 1. The third kappa shape index (κ3) is 5.34. The minimum atomic E-state index is -0.277. The summed E-state index contributed by atoms with van der Waals surface area (Å²) in [5.74, 6) is 2.11. The molecule has 1 N–H and O–H groups in total. The van der Waals surface area contributed by atoms with Crippen LogP contribution in [0.3, 0.4) is 0 Å². The number of aromatic nitrogens is 2. The first kappa shape index (κ1) is 22.4. The molecule has 0 aliphatic carbocycles. The Morgan fingerprint density at radius 2 is 1.50 bits per heavy atom. The van der Waals surface area contributed by atoms with Crippen LogP contribution in [0.5, 0.6) is 0 Å². The molecule has 1 fully saturated rings. The van der Waals surface area contributed by atoms with Crippen LogP contribution in [0.4, 0.5) is 5.82 Å². The van der Waals surface area contributed by atoms with Crippen molar-refractivity contribution in [1.29, 1.82) is 0 Å². The smallest absolute Gasteiger partial charge is 0.161 e. The van der Waals surface area contributed by atoms with E-state index in [1.165, 1.54) is 11.1 Å². The summed E-state index contributed by atoms with van der Waals surface area (Å²) in [4.78, 5) is 14.7. The molecule has 5 nitrogen and oxygen atoms in total. The van der Waals surface area contributed by atoms with Crippen LogP contribution in [0.1, 0.15) is 30.7 Å². The number of anilines is 1. The SMILES string of the molecule is Cc1nc(-c2ccccc2)nc(N2CCN(C[C@H](O)C(C)C)CC2)c1Cc1ccccc1. The van der Waals surface area contributed by atoms with Gasteiger partial charge in [-0.1, -0.05) is 74.5 Å². The summed E-state index contributed by atoms with van der Waals surface area (Å²) in [6.07, 6.45) is 0.546. The molecule has 0 bridgehead atoms. The van der Waals surface area contributed by atoms with E-state index in [1.54, 1.807) is 0 Å². The first-order chi connectivity index (χ1) is 15.5. The lowest BCUT2D eigenvalue weighted by molar-refractivity contribution is 0.0738. The lowest BCUT2D eigenvalue weighted by Crippen LogP contribution is -2.49. The molecule has 2 heterocycles. The third-order valence-electron chi connectivity index (χ3n) is 6.33. The van der Waals surface area contributed by atoms with E-state index in [-0.39, 0.29) is 12.0 Å². The normalized spacial score (nSPS) is 15.8. The number of aliphatic hydroxyl groups excluding tert-OH is 1. The Hall–Kier alpha value is -2.76. The van der Waals surface area contributed by atoms with Crippen molar-refractivity contribution in [1.82, 2.24) is 14.9 Å². The molecule has 1 saturated heterocycles. The van der Waals surface area contributed by atoms with Crippen LogP contribution in [-0.4, -0.2) is 58.8 Å². The van der Waals surface area contributed by atoms with Crippen LogP contribution in [-0.2, 0) is 6.42 Å². The first-order valence-corrected chi connectivity index (χ1v) is 11.6. The molecule has 0 radical (unpaired) electrons. The Morgan fingerprint density at radius 3 is 2.12 bits per heavy atom. The van der Waals surface area contributed by atoms with E-state index in [9.17, 15) is 5.11 Å². The molecule has 0 saturated carbocycles. The lowest BCUT2D eigenvalue weighted by Gasteiger charge is -2.37.